The number of benzene rings is 1. The highest BCUT2D eigenvalue weighted by atomic mass is 32.2. The van der Waals surface area contributed by atoms with E-state index in [1.54, 1.807) is 16.2 Å². The minimum atomic E-state index is -3.07. The van der Waals surface area contributed by atoms with Crippen LogP contribution >= 0.6 is 11.3 Å². The maximum atomic E-state index is 12.9. The van der Waals surface area contributed by atoms with Gasteiger partial charge in [-0.25, -0.2) is 8.42 Å². The number of nitrogens with zero attached hydrogens (tertiary/aromatic N) is 1. The lowest BCUT2D eigenvalue weighted by molar-refractivity contribution is -0.135. The van der Waals surface area contributed by atoms with Gasteiger partial charge in [-0.1, -0.05) is 18.2 Å². The molecule has 1 aliphatic heterocycles. The third-order valence-corrected chi connectivity index (χ3v) is 7.45. The molecular weight excluding hydrogens is 370 g/mol. The molecule has 1 aromatic carbocycles. The zero-order valence-corrected chi connectivity index (χ0v) is 16.6. The molecule has 0 spiro atoms. The Hall–Kier alpha value is -1.86. The largest absolute Gasteiger partial charge is 0.484 e. The van der Waals surface area contributed by atoms with Gasteiger partial charge in [-0.15, -0.1) is 11.3 Å². The molecule has 1 saturated heterocycles. The normalized spacial score (nSPS) is 18.6. The van der Waals surface area contributed by atoms with Gasteiger partial charge >= 0.3 is 0 Å². The summed E-state index contributed by atoms with van der Waals surface area (Å²) < 4.78 is 29.5. The van der Waals surface area contributed by atoms with Gasteiger partial charge in [0.15, 0.2) is 16.4 Å². The van der Waals surface area contributed by atoms with Gasteiger partial charge in [0.2, 0.25) is 0 Å². The van der Waals surface area contributed by atoms with Crippen molar-refractivity contribution in [2.75, 3.05) is 18.1 Å². The molecule has 1 fully saturated rings. The summed E-state index contributed by atoms with van der Waals surface area (Å²) in [5.74, 6) is 0.673. The molecule has 0 aliphatic carbocycles. The van der Waals surface area contributed by atoms with Gasteiger partial charge in [-0.3, -0.25) is 4.79 Å². The Morgan fingerprint density at radius 1 is 1.23 bits per heavy atom. The molecule has 0 bridgehead atoms. The third kappa shape index (κ3) is 4.45. The quantitative estimate of drug-likeness (QED) is 0.757. The summed E-state index contributed by atoms with van der Waals surface area (Å²) in [5, 5.41) is 1.99. The summed E-state index contributed by atoms with van der Waals surface area (Å²) in [6, 6.07) is 9.27. The van der Waals surface area contributed by atoms with Gasteiger partial charge in [0, 0.05) is 10.9 Å². The fraction of sp³-hybridized carbons (Fsp3) is 0.421. The Kier molecular flexibility index (Phi) is 5.67. The highest BCUT2D eigenvalue weighted by molar-refractivity contribution is 7.91. The van der Waals surface area contributed by atoms with Gasteiger partial charge in [-0.2, -0.15) is 0 Å². The van der Waals surface area contributed by atoms with Crippen LogP contribution in [0, 0.1) is 13.8 Å². The van der Waals surface area contributed by atoms with Gasteiger partial charge in [0.25, 0.3) is 5.91 Å². The molecule has 140 valence electrons. The van der Waals surface area contributed by atoms with E-state index >= 15 is 0 Å². The van der Waals surface area contributed by atoms with Crippen molar-refractivity contribution in [1.29, 1.82) is 0 Å². The number of amides is 1. The number of carbonyl (C=O) groups is 1. The number of hydrogen-bond donors (Lipinski definition) is 0. The van der Waals surface area contributed by atoms with E-state index in [9.17, 15) is 13.2 Å². The molecule has 2 aromatic rings. The van der Waals surface area contributed by atoms with Crippen LogP contribution in [0.15, 0.2) is 35.7 Å². The zero-order valence-electron chi connectivity index (χ0n) is 15.0. The molecule has 1 aliphatic rings. The second-order valence-corrected chi connectivity index (χ2v) is 9.89. The van der Waals surface area contributed by atoms with Crippen LogP contribution in [-0.4, -0.2) is 43.4 Å². The summed E-state index contributed by atoms with van der Waals surface area (Å²) in [6.45, 7) is 4.27. The van der Waals surface area contributed by atoms with Gasteiger partial charge < -0.3 is 9.64 Å². The Bertz CT molecular complexity index is 888. The molecule has 0 unspecified atom stereocenters. The summed E-state index contributed by atoms with van der Waals surface area (Å²) in [7, 11) is -3.07. The van der Waals surface area contributed by atoms with Crippen molar-refractivity contribution < 1.29 is 17.9 Å². The molecule has 1 aromatic heterocycles. The van der Waals surface area contributed by atoms with Crippen LogP contribution in [0.25, 0.3) is 0 Å². The van der Waals surface area contributed by atoms with Crippen molar-refractivity contribution in [3.05, 3.63) is 51.7 Å². The highest BCUT2D eigenvalue weighted by Gasteiger charge is 2.35. The van der Waals surface area contributed by atoms with E-state index in [0.717, 1.165) is 16.0 Å². The molecule has 7 heteroatoms. The molecule has 1 atom stereocenters. The van der Waals surface area contributed by atoms with Crippen molar-refractivity contribution in [1.82, 2.24) is 4.90 Å². The number of carbonyl (C=O) groups excluding carboxylic acids is 1. The van der Waals surface area contributed by atoms with Crippen molar-refractivity contribution in [3.63, 3.8) is 0 Å². The van der Waals surface area contributed by atoms with E-state index in [4.69, 9.17) is 4.74 Å². The van der Waals surface area contributed by atoms with Crippen molar-refractivity contribution in [3.8, 4) is 5.75 Å². The number of aryl methyl sites for hydroxylation is 2. The first-order valence-corrected chi connectivity index (χ1v) is 11.3. The predicted molar refractivity (Wildman–Crippen MR) is 103 cm³/mol. The van der Waals surface area contributed by atoms with Crippen LogP contribution < -0.4 is 4.74 Å². The Labute approximate surface area is 158 Å². The number of para-hydroxylation sites is 1. The molecular formula is C19H23NO4S2. The second-order valence-electron chi connectivity index (χ2n) is 6.66. The standard InChI is InChI=1S/C19H23NO4S2/c1-14-5-3-4-6-17(14)24-12-19(21)20(11-18-15(2)7-9-25-18)16-8-10-26(22,23)13-16/h3-7,9,16H,8,10-13H2,1-2H3/t16-/m0/s1. The fourth-order valence-electron chi connectivity index (χ4n) is 3.10. The molecule has 5 nitrogen and oxygen atoms in total. The number of hydrogen-bond acceptors (Lipinski definition) is 5. The lowest BCUT2D eigenvalue weighted by Gasteiger charge is -2.28. The first-order valence-electron chi connectivity index (χ1n) is 8.57. The summed E-state index contributed by atoms with van der Waals surface area (Å²) in [6.07, 6.45) is 0.489. The minimum Gasteiger partial charge on any atom is -0.484 e. The van der Waals surface area contributed by atoms with Crippen LogP contribution in [0.3, 0.4) is 0 Å². The van der Waals surface area contributed by atoms with Crippen LogP contribution in [0.2, 0.25) is 0 Å². The van der Waals surface area contributed by atoms with Gasteiger partial charge in [-0.05, 0) is 48.9 Å². The average molecular weight is 394 g/mol. The van der Waals surface area contributed by atoms with Crippen molar-refractivity contribution in [2.24, 2.45) is 0 Å². The first kappa shape index (κ1) is 18.9. The van der Waals surface area contributed by atoms with E-state index in [1.807, 2.05) is 49.6 Å². The maximum absolute atomic E-state index is 12.9. The maximum Gasteiger partial charge on any atom is 0.261 e. The lowest BCUT2D eigenvalue weighted by atomic mass is 10.2. The molecule has 0 saturated carbocycles. The first-order chi connectivity index (χ1) is 12.4. The van der Waals surface area contributed by atoms with E-state index in [2.05, 4.69) is 0 Å². The van der Waals surface area contributed by atoms with Gasteiger partial charge in [0.05, 0.1) is 18.1 Å². The molecule has 2 heterocycles. The van der Waals surface area contributed by atoms with Crippen molar-refractivity contribution >= 4 is 27.1 Å². The zero-order chi connectivity index (χ0) is 18.7. The summed E-state index contributed by atoms with van der Waals surface area (Å²) >= 11 is 1.59. The van der Waals surface area contributed by atoms with E-state index in [-0.39, 0.29) is 30.1 Å². The average Bonchev–Trinajstić information content (AvgIpc) is 3.16. The number of thiophene rings is 1. The van der Waals surface area contributed by atoms with Crippen LogP contribution in [-0.2, 0) is 21.2 Å². The number of rotatable bonds is 6. The highest BCUT2D eigenvalue weighted by Crippen LogP contribution is 2.24. The summed E-state index contributed by atoms with van der Waals surface area (Å²) in [4.78, 5) is 15.6. The van der Waals surface area contributed by atoms with Crippen LogP contribution in [0.4, 0.5) is 0 Å². The van der Waals surface area contributed by atoms with E-state index < -0.39 is 9.84 Å². The molecule has 3 rings (SSSR count). The monoisotopic (exact) mass is 393 g/mol. The lowest BCUT2D eigenvalue weighted by Crippen LogP contribution is -2.43. The topological polar surface area (TPSA) is 63.7 Å². The fourth-order valence-corrected chi connectivity index (χ4v) is 5.74. The smallest absolute Gasteiger partial charge is 0.261 e. The molecule has 0 N–H and O–H groups in total. The van der Waals surface area contributed by atoms with E-state index in [1.165, 1.54) is 0 Å². The summed E-state index contributed by atoms with van der Waals surface area (Å²) in [5.41, 5.74) is 2.08. The Morgan fingerprint density at radius 2 is 2.00 bits per heavy atom. The van der Waals surface area contributed by atoms with Gasteiger partial charge in [0.1, 0.15) is 5.75 Å². The second kappa shape index (κ2) is 7.80. The number of ether oxygens (including phenoxy) is 1. The molecule has 0 radical (unpaired) electrons. The van der Waals surface area contributed by atoms with Crippen LogP contribution in [0.1, 0.15) is 22.4 Å². The Morgan fingerprint density at radius 3 is 2.62 bits per heavy atom. The Balaban J connectivity index is 1.75. The van der Waals surface area contributed by atoms with E-state index in [0.29, 0.717) is 18.7 Å². The molecule has 26 heavy (non-hydrogen) atoms. The SMILES string of the molecule is Cc1ccccc1OCC(=O)N(Cc1sccc1C)[C@H]1CCS(=O)(=O)C1. The van der Waals surface area contributed by atoms with Crippen molar-refractivity contribution in [2.45, 2.75) is 32.9 Å². The molecule has 1 amide bonds. The minimum absolute atomic E-state index is 0.0352. The number of sulfone groups is 1. The predicted octanol–water partition coefficient (Wildman–Crippen LogP) is 2.96. The third-order valence-electron chi connectivity index (χ3n) is 4.70. The van der Waals surface area contributed by atoms with Crippen LogP contribution in [0.5, 0.6) is 5.75 Å².